The lowest BCUT2D eigenvalue weighted by atomic mass is 10.2. The van der Waals surface area contributed by atoms with Gasteiger partial charge in [-0.05, 0) is 38.0 Å². The van der Waals surface area contributed by atoms with Gasteiger partial charge in [0.05, 0.1) is 0 Å². The SMILES string of the molecule is CCN(CCNC1CCCC1)c1cccc(F)c1. The van der Waals surface area contributed by atoms with Gasteiger partial charge < -0.3 is 10.2 Å². The maximum absolute atomic E-state index is 13.2. The molecule has 2 nitrogen and oxygen atoms in total. The van der Waals surface area contributed by atoms with Crippen LogP contribution in [0.2, 0.25) is 0 Å². The molecule has 1 saturated carbocycles. The first-order valence-electron chi connectivity index (χ1n) is 7.03. The van der Waals surface area contributed by atoms with Gasteiger partial charge in [0, 0.05) is 31.4 Å². The van der Waals surface area contributed by atoms with Crippen molar-refractivity contribution in [1.29, 1.82) is 0 Å². The summed E-state index contributed by atoms with van der Waals surface area (Å²) in [5, 5.41) is 3.60. The molecular weight excluding hydrogens is 227 g/mol. The van der Waals surface area contributed by atoms with Gasteiger partial charge in [-0.25, -0.2) is 4.39 Å². The van der Waals surface area contributed by atoms with E-state index in [2.05, 4.69) is 17.1 Å². The third kappa shape index (κ3) is 3.70. The summed E-state index contributed by atoms with van der Waals surface area (Å²) in [7, 11) is 0. The second-order valence-corrected chi connectivity index (χ2v) is 5.00. The first kappa shape index (κ1) is 13.3. The largest absolute Gasteiger partial charge is 0.370 e. The molecule has 0 bridgehead atoms. The van der Waals surface area contributed by atoms with Gasteiger partial charge >= 0.3 is 0 Å². The minimum Gasteiger partial charge on any atom is -0.370 e. The van der Waals surface area contributed by atoms with Gasteiger partial charge in [0.15, 0.2) is 0 Å². The number of hydrogen-bond acceptors (Lipinski definition) is 2. The van der Waals surface area contributed by atoms with E-state index in [0.29, 0.717) is 6.04 Å². The normalized spacial score (nSPS) is 16.1. The zero-order valence-electron chi connectivity index (χ0n) is 11.2. The van der Waals surface area contributed by atoms with Crippen molar-refractivity contribution in [2.75, 3.05) is 24.5 Å². The molecule has 0 heterocycles. The average Bonchev–Trinajstić information content (AvgIpc) is 2.88. The fourth-order valence-corrected chi connectivity index (χ4v) is 2.68. The van der Waals surface area contributed by atoms with E-state index in [0.717, 1.165) is 25.3 Å². The molecule has 1 fully saturated rings. The van der Waals surface area contributed by atoms with Crippen LogP contribution in [0.4, 0.5) is 10.1 Å². The highest BCUT2D eigenvalue weighted by Gasteiger charge is 2.14. The van der Waals surface area contributed by atoms with E-state index in [4.69, 9.17) is 0 Å². The van der Waals surface area contributed by atoms with E-state index in [-0.39, 0.29) is 5.82 Å². The summed E-state index contributed by atoms with van der Waals surface area (Å²) in [6.45, 7) is 4.95. The molecule has 1 N–H and O–H groups in total. The number of anilines is 1. The van der Waals surface area contributed by atoms with E-state index < -0.39 is 0 Å². The molecule has 0 saturated heterocycles. The molecule has 18 heavy (non-hydrogen) atoms. The minimum absolute atomic E-state index is 0.158. The van der Waals surface area contributed by atoms with Crippen LogP contribution in [-0.4, -0.2) is 25.7 Å². The van der Waals surface area contributed by atoms with Crippen LogP contribution >= 0.6 is 0 Å². The van der Waals surface area contributed by atoms with Crippen molar-refractivity contribution in [2.24, 2.45) is 0 Å². The van der Waals surface area contributed by atoms with Crippen LogP contribution < -0.4 is 10.2 Å². The number of nitrogens with one attached hydrogen (secondary N) is 1. The molecule has 1 aromatic rings. The van der Waals surface area contributed by atoms with Gasteiger partial charge in [0.1, 0.15) is 5.82 Å². The smallest absolute Gasteiger partial charge is 0.125 e. The molecule has 100 valence electrons. The number of benzene rings is 1. The molecule has 1 aliphatic carbocycles. The third-order valence-electron chi connectivity index (χ3n) is 3.72. The van der Waals surface area contributed by atoms with Crippen LogP contribution in [0.5, 0.6) is 0 Å². The minimum atomic E-state index is -0.158. The number of hydrogen-bond donors (Lipinski definition) is 1. The Labute approximate surface area is 109 Å². The molecule has 0 unspecified atom stereocenters. The molecular formula is C15H23FN2. The van der Waals surface area contributed by atoms with Crippen molar-refractivity contribution >= 4 is 5.69 Å². The lowest BCUT2D eigenvalue weighted by Gasteiger charge is -2.24. The first-order chi connectivity index (χ1) is 8.79. The Bertz CT molecular complexity index is 361. The highest BCUT2D eigenvalue weighted by Crippen LogP contribution is 2.18. The Morgan fingerprint density at radius 1 is 1.33 bits per heavy atom. The van der Waals surface area contributed by atoms with Crippen molar-refractivity contribution in [3.05, 3.63) is 30.1 Å². The molecule has 0 aromatic heterocycles. The zero-order chi connectivity index (χ0) is 12.8. The summed E-state index contributed by atoms with van der Waals surface area (Å²) in [5.41, 5.74) is 0.978. The van der Waals surface area contributed by atoms with Gasteiger partial charge in [-0.1, -0.05) is 18.9 Å². The summed E-state index contributed by atoms with van der Waals surface area (Å²) in [5.74, 6) is -0.158. The molecule has 3 heteroatoms. The second kappa shape index (κ2) is 6.74. The van der Waals surface area contributed by atoms with Gasteiger partial charge in [0.25, 0.3) is 0 Å². The Hall–Kier alpha value is -1.09. The topological polar surface area (TPSA) is 15.3 Å². The standard InChI is InChI=1S/C15H23FN2/c1-2-18(15-9-5-6-13(16)12-15)11-10-17-14-7-3-4-8-14/h5-6,9,12,14,17H,2-4,7-8,10-11H2,1H3. The number of likely N-dealkylation sites (N-methyl/N-ethyl adjacent to an activating group) is 1. The Morgan fingerprint density at radius 2 is 2.11 bits per heavy atom. The number of halogens is 1. The zero-order valence-corrected chi connectivity index (χ0v) is 11.2. The predicted octanol–water partition coefficient (Wildman–Crippen LogP) is 3.18. The maximum Gasteiger partial charge on any atom is 0.125 e. The summed E-state index contributed by atoms with van der Waals surface area (Å²) in [6, 6.07) is 7.56. The third-order valence-corrected chi connectivity index (χ3v) is 3.72. The fourth-order valence-electron chi connectivity index (χ4n) is 2.68. The molecule has 1 aliphatic rings. The lowest BCUT2D eigenvalue weighted by Crippen LogP contribution is -2.36. The Balaban J connectivity index is 1.81. The van der Waals surface area contributed by atoms with Crippen molar-refractivity contribution in [1.82, 2.24) is 5.32 Å². The molecule has 0 radical (unpaired) electrons. The van der Waals surface area contributed by atoms with Gasteiger partial charge in [-0.15, -0.1) is 0 Å². The van der Waals surface area contributed by atoms with Crippen molar-refractivity contribution in [2.45, 2.75) is 38.6 Å². The first-order valence-corrected chi connectivity index (χ1v) is 7.03. The summed E-state index contributed by atoms with van der Waals surface area (Å²) < 4.78 is 13.2. The number of rotatable bonds is 6. The van der Waals surface area contributed by atoms with Crippen LogP contribution in [0.1, 0.15) is 32.6 Å². The average molecular weight is 250 g/mol. The Kier molecular flexibility index (Phi) is 5.00. The quantitative estimate of drug-likeness (QED) is 0.834. The second-order valence-electron chi connectivity index (χ2n) is 5.00. The van der Waals surface area contributed by atoms with Crippen LogP contribution in [0.3, 0.4) is 0 Å². The summed E-state index contributed by atoms with van der Waals surface area (Å²) in [4.78, 5) is 2.21. The Morgan fingerprint density at radius 3 is 2.78 bits per heavy atom. The lowest BCUT2D eigenvalue weighted by molar-refractivity contribution is 0.525. The molecule has 0 spiro atoms. The van der Waals surface area contributed by atoms with E-state index in [1.165, 1.54) is 31.7 Å². The van der Waals surface area contributed by atoms with Gasteiger partial charge in [-0.3, -0.25) is 0 Å². The van der Waals surface area contributed by atoms with E-state index in [1.54, 1.807) is 12.1 Å². The molecule has 2 rings (SSSR count). The summed E-state index contributed by atoms with van der Waals surface area (Å²) >= 11 is 0. The van der Waals surface area contributed by atoms with Crippen LogP contribution in [0.25, 0.3) is 0 Å². The monoisotopic (exact) mass is 250 g/mol. The predicted molar refractivity (Wildman–Crippen MR) is 74.5 cm³/mol. The van der Waals surface area contributed by atoms with Crippen molar-refractivity contribution in [3.63, 3.8) is 0 Å². The molecule has 0 amide bonds. The van der Waals surface area contributed by atoms with Gasteiger partial charge in [0.2, 0.25) is 0 Å². The van der Waals surface area contributed by atoms with Gasteiger partial charge in [-0.2, -0.15) is 0 Å². The fraction of sp³-hybridized carbons (Fsp3) is 0.600. The van der Waals surface area contributed by atoms with Crippen molar-refractivity contribution in [3.8, 4) is 0 Å². The van der Waals surface area contributed by atoms with E-state index in [9.17, 15) is 4.39 Å². The van der Waals surface area contributed by atoms with Crippen molar-refractivity contribution < 1.29 is 4.39 Å². The van der Waals surface area contributed by atoms with E-state index in [1.807, 2.05) is 6.07 Å². The molecule has 0 aliphatic heterocycles. The number of nitrogens with zero attached hydrogens (tertiary/aromatic N) is 1. The molecule has 0 atom stereocenters. The highest BCUT2D eigenvalue weighted by atomic mass is 19.1. The summed E-state index contributed by atoms with van der Waals surface area (Å²) in [6.07, 6.45) is 5.34. The van der Waals surface area contributed by atoms with Crippen LogP contribution in [0, 0.1) is 5.82 Å². The van der Waals surface area contributed by atoms with Crippen LogP contribution in [0.15, 0.2) is 24.3 Å². The molecule has 1 aromatic carbocycles. The van der Waals surface area contributed by atoms with E-state index >= 15 is 0 Å². The highest BCUT2D eigenvalue weighted by molar-refractivity contribution is 5.46. The van der Waals surface area contributed by atoms with Crippen LogP contribution in [-0.2, 0) is 0 Å². The maximum atomic E-state index is 13.2.